The van der Waals surface area contributed by atoms with Crippen molar-refractivity contribution in [3.05, 3.63) is 47.7 Å². The van der Waals surface area contributed by atoms with E-state index in [1.54, 1.807) is 6.08 Å². The summed E-state index contributed by atoms with van der Waals surface area (Å²) in [6.45, 7) is 3.79. The van der Waals surface area contributed by atoms with E-state index in [9.17, 15) is 29.1 Å². The number of carbonyl (C=O) groups excluding carboxylic acids is 5. The lowest BCUT2D eigenvalue weighted by molar-refractivity contribution is -0.173. The molecule has 3 saturated carbocycles. The summed E-state index contributed by atoms with van der Waals surface area (Å²) in [4.78, 5) is 67.3. The van der Waals surface area contributed by atoms with Crippen LogP contribution in [0.3, 0.4) is 0 Å². The summed E-state index contributed by atoms with van der Waals surface area (Å²) in [5, 5.41) is 15.7. The van der Waals surface area contributed by atoms with Crippen molar-refractivity contribution in [3.8, 4) is 0 Å². The van der Waals surface area contributed by atoms with Crippen LogP contribution in [0.1, 0.15) is 77.2 Å². The number of fused-ring (bicyclic) bond motifs is 6. The molecule has 9 nitrogen and oxygen atoms in total. The van der Waals surface area contributed by atoms with E-state index in [0.717, 1.165) is 34.9 Å². The van der Waals surface area contributed by atoms with Crippen LogP contribution < -0.4 is 5.32 Å². The molecule has 0 unspecified atom stereocenters. The van der Waals surface area contributed by atoms with E-state index in [-0.39, 0.29) is 66.3 Å². The topological polar surface area (TPSA) is 143 Å². The van der Waals surface area contributed by atoms with Crippen LogP contribution >= 0.6 is 0 Å². The lowest BCUT2D eigenvalue weighted by Crippen LogP contribution is -2.61. The van der Waals surface area contributed by atoms with Gasteiger partial charge in [-0.2, -0.15) is 0 Å². The number of aromatic amines is 1. The van der Waals surface area contributed by atoms with E-state index in [4.69, 9.17) is 4.74 Å². The van der Waals surface area contributed by atoms with Crippen LogP contribution in [0.4, 0.5) is 0 Å². The maximum Gasteiger partial charge on any atom is 0.306 e. The number of aliphatic hydroxyl groups is 1. The summed E-state index contributed by atoms with van der Waals surface area (Å²) in [5.74, 6) is -1.56. The van der Waals surface area contributed by atoms with E-state index < -0.39 is 29.4 Å². The van der Waals surface area contributed by atoms with E-state index in [0.29, 0.717) is 32.2 Å². The highest BCUT2D eigenvalue weighted by atomic mass is 16.5. The van der Waals surface area contributed by atoms with Gasteiger partial charge in [0.05, 0.1) is 6.42 Å². The second-order valence-electron chi connectivity index (χ2n) is 13.8. The molecule has 6 atom stereocenters. The van der Waals surface area contributed by atoms with Gasteiger partial charge >= 0.3 is 5.97 Å². The molecule has 4 aliphatic rings. The fourth-order valence-electron chi connectivity index (χ4n) is 9.16. The zero-order chi connectivity index (χ0) is 31.3. The molecule has 6 rings (SSSR count). The first-order valence-electron chi connectivity index (χ1n) is 16.0. The molecule has 0 radical (unpaired) electrons. The minimum atomic E-state index is -1.77. The average molecular weight is 603 g/mol. The number of ketones is 3. The van der Waals surface area contributed by atoms with Crippen LogP contribution in [0, 0.1) is 28.6 Å². The van der Waals surface area contributed by atoms with Crippen LogP contribution in [0.5, 0.6) is 0 Å². The Bertz CT molecular complexity index is 1560. The van der Waals surface area contributed by atoms with Gasteiger partial charge in [-0.05, 0) is 73.5 Å². The van der Waals surface area contributed by atoms with E-state index in [1.165, 1.54) is 0 Å². The summed E-state index contributed by atoms with van der Waals surface area (Å²) in [6, 6.07) is 7.94. The second kappa shape index (κ2) is 11.4. The average Bonchev–Trinajstić information content (AvgIpc) is 3.53. The molecule has 1 aromatic heterocycles. The number of esters is 1. The van der Waals surface area contributed by atoms with E-state index in [2.05, 4.69) is 17.2 Å². The molecule has 44 heavy (non-hydrogen) atoms. The third-order valence-corrected chi connectivity index (χ3v) is 11.6. The summed E-state index contributed by atoms with van der Waals surface area (Å²) in [5.41, 5.74) is 0.151. The quantitative estimate of drug-likeness (QED) is 0.366. The molecule has 0 aliphatic heterocycles. The van der Waals surface area contributed by atoms with Crippen LogP contribution in [-0.2, 0) is 35.1 Å². The highest BCUT2D eigenvalue weighted by molar-refractivity contribution is 5.95. The van der Waals surface area contributed by atoms with Crippen molar-refractivity contribution in [2.45, 2.75) is 83.7 Å². The van der Waals surface area contributed by atoms with E-state index >= 15 is 0 Å². The van der Waals surface area contributed by atoms with Gasteiger partial charge in [0, 0.05) is 54.2 Å². The number of amides is 1. The number of hydrogen-bond acceptors (Lipinski definition) is 7. The van der Waals surface area contributed by atoms with Gasteiger partial charge in [0.15, 0.2) is 12.4 Å². The van der Waals surface area contributed by atoms with Crippen molar-refractivity contribution in [1.29, 1.82) is 0 Å². The Balaban J connectivity index is 1.01. The largest absolute Gasteiger partial charge is 0.458 e. The number of Topliss-reactive ketones (excluding diaryl/α,β-unsaturated/α-hetero) is 2. The van der Waals surface area contributed by atoms with Crippen molar-refractivity contribution in [2.24, 2.45) is 28.6 Å². The van der Waals surface area contributed by atoms with Crippen molar-refractivity contribution >= 4 is 40.1 Å². The Hall–Kier alpha value is -3.59. The van der Waals surface area contributed by atoms with Crippen molar-refractivity contribution in [3.63, 3.8) is 0 Å². The minimum Gasteiger partial charge on any atom is -0.458 e. The number of ether oxygens (including phenoxy) is 1. The highest BCUT2D eigenvalue weighted by Gasteiger charge is 2.68. The smallest absolute Gasteiger partial charge is 0.306 e. The third kappa shape index (κ3) is 5.03. The zero-order valence-corrected chi connectivity index (χ0v) is 25.6. The van der Waals surface area contributed by atoms with Crippen molar-refractivity contribution < 1.29 is 33.8 Å². The maximum atomic E-state index is 13.8. The van der Waals surface area contributed by atoms with Crippen molar-refractivity contribution in [1.82, 2.24) is 10.3 Å². The zero-order valence-electron chi connectivity index (χ0n) is 25.6. The molecular weight excluding hydrogens is 560 g/mol. The molecule has 1 aromatic carbocycles. The number of hydrogen-bond donors (Lipinski definition) is 3. The molecule has 0 saturated heterocycles. The number of allylic oxidation sites excluding steroid dienone is 1. The van der Waals surface area contributed by atoms with Gasteiger partial charge in [0.2, 0.25) is 11.7 Å². The van der Waals surface area contributed by atoms with Crippen LogP contribution in [0.25, 0.3) is 10.9 Å². The summed E-state index contributed by atoms with van der Waals surface area (Å²) in [6.07, 6.45) is 7.62. The maximum absolute atomic E-state index is 13.8. The fourth-order valence-corrected chi connectivity index (χ4v) is 9.16. The van der Waals surface area contributed by atoms with Gasteiger partial charge in [0.1, 0.15) is 11.4 Å². The number of rotatable bonds is 9. The summed E-state index contributed by atoms with van der Waals surface area (Å²) >= 11 is 0. The second-order valence-corrected chi connectivity index (χ2v) is 13.8. The Morgan fingerprint density at radius 3 is 2.68 bits per heavy atom. The predicted molar refractivity (Wildman–Crippen MR) is 162 cm³/mol. The van der Waals surface area contributed by atoms with Gasteiger partial charge in [-0.15, -0.1) is 0 Å². The molecule has 3 fully saturated rings. The number of para-hydroxylation sites is 1. The number of nitrogens with one attached hydrogen (secondary N) is 2. The number of benzene rings is 1. The van der Waals surface area contributed by atoms with Gasteiger partial charge in [-0.3, -0.25) is 24.0 Å². The molecular formula is C35H42N2O7. The molecule has 0 bridgehead atoms. The molecule has 234 valence electrons. The normalized spacial score (nSPS) is 32.8. The molecule has 1 amide bonds. The van der Waals surface area contributed by atoms with E-state index in [1.807, 2.05) is 37.4 Å². The Kier molecular flexibility index (Phi) is 7.89. The first-order chi connectivity index (χ1) is 21.0. The van der Waals surface area contributed by atoms with Gasteiger partial charge < -0.3 is 20.1 Å². The fraction of sp³-hybridized carbons (Fsp3) is 0.571. The van der Waals surface area contributed by atoms with Gasteiger partial charge in [0.25, 0.3) is 0 Å². The predicted octanol–water partition coefficient (Wildman–Crippen LogP) is 4.16. The molecule has 4 aliphatic carbocycles. The van der Waals surface area contributed by atoms with Gasteiger partial charge in [-0.1, -0.05) is 37.6 Å². The number of carbonyl (C=O) groups is 5. The Morgan fingerprint density at radius 1 is 1.07 bits per heavy atom. The Labute approximate surface area is 257 Å². The molecule has 1 heterocycles. The molecule has 3 N–H and O–H groups in total. The molecule has 9 heteroatoms. The first kappa shape index (κ1) is 30.4. The molecule has 2 aromatic rings. The highest BCUT2D eigenvalue weighted by Crippen LogP contribution is 2.66. The minimum absolute atomic E-state index is 0.0150. The third-order valence-electron chi connectivity index (χ3n) is 11.6. The van der Waals surface area contributed by atoms with Gasteiger partial charge in [-0.25, -0.2) is 0 Å². The number of aromatic nitrogens is 1. The lowest BCUT2D eigenvalue weighted by Gasteiger charge is -2.57. The first-order valence-corrected chi connectivity index (χ1v) is 16.0. The van der Waals surface area contributed by atoms with Crippen molar-refractivity contribution in [2.75, 3.05) is 13.2 Å². The summed E-state index contributed by atoms with van der Waals surface area (Å²) < 4.78 is 5.24. The van der Waals surface area contributed by atoms with Crippen LogP contribution in [0.2, 0.25) is 0 Å². The van der Waals surface area contributed by atoms with Crippen LogP contribution in [0.15, 0.2) is 42.1 Å². The SMILES string of the molecule is C[C@]12CCC(=O)C=C1CC[C@@H]1[C@@H]2C(=O)C[C@@]2(C)[C@H]1CC[C@]2(O)C(=O)COC(=O)CCC(=O)NCCc1c[nH]c2ccccc12. The summed E-state index contributed by atoms with van der Waals surface area (Å²) in [7, 11) is 0. The number of H-pyrrole nitrogens is 1. The standard InChI is InChI=1S/C35H42N2O7/c1-33-14-11-23(38)17-22(33)7-8-25-26-12-15-35(43,34(26,2)18-28(39)32(25)33)29(40)20-44-31(42)10-9-30(41)36-16-13-21-19-37-27-6-4-3-5-24(21)27/h3-6,17,19,25-26,32,37,43H,7-16,18,20H2,1-2H3,(H,36,41)/t25-,26-,32+,33-,34-,35-/m0/s1. The molecule has 0 spiro atoms. The lowest BCUT2D eigenvalue weighted by atomic mass is 9.46. The van der Waals surface area contributed by atoms with Crippen LogP contribution in [-0.4, -0.2) is 58.1 Å². The monoisotopic (exact) mass is 602 g/mol. The Morgan fingerprint density at radius 2 is 1.86 bits per heavy atom.